The Labute approximate surface area is 151 Å². The lowest BCUT2D eigenvalue weighted by atomic mass is 9.99. The molecule has 0 aliphatic rings. The van der Waals surface area contributed by atoms with Crippen molar-refractivity contribution >= 4 is 22.4 Å². The molecule has 0 saturated heterocycles. The first-order valence-corrected chi connectivity index (χ1v) is 8.59. The van der Waals surface area contributed by atoms with Crippen LogP contribution in [0.15, 0.2) is 48.8 Å². The molecule has 8 heteroatoms. The average molecular weight is 377 g/mol. The zero-order valence-electron chi connectivity index (χ0n) is 13.7. The van der Waals surface area contributed by atoms with E-state index < -0.39 is 11.7 Å². The van der Waals surface area contributed by atoms with Gasteiger partial charge in [0.15, 0.2) is 5.13 Å². The van der Waals surface area contributed by atoms with Gasteiger partial charge in [0, 0.05) is 29.9 Å². The summed E-state index contributed by atoms with van der Waals surface area (Å²) in [6.45, 7) is 1.72. The number of rotatable bonds is 4. The highest BCUT2D eigenvalue weighted by molar-refractivity contribution is 7.19. The van der Waals surface area contributed by atoms with Gasteiger partial charge in [-0.3, -0.25) is 9.78 Å². The van der Waals surface area contributed by atoms with Gasteiger partial charge in [-0.2, -0.15) is 13.2 Å². The van der Waals surface area contributed by atoms with E-state index >= 15 is 0 Å². The Kier molecular flexibility index (Phi) is 5.03. The number of amides is 1. The smallest absolute Gasteiger partial charge is 0.302 e. The van der Waals surface area contributed by atoms with Gasteiger partial charge in [-0.05, 0) is 18.2 Å². The predicted octanol–water partition coefficient (Wildman–Crippen LogP) is 5.24. The first kappa shape index (κ1) is 18.1. The Morgan fingerprint density at radius 2 is 1.85 bits per heavy atom. The highest BCUT2D eigenvalue weighted by Crippen LogP contribution is 2.41. The molecule has 2 heterocycles. The number of carbonyl (C=O) groups is 1. The number of alkyl halides is 3. The Hall–Kier alpha value is -2.74. The fourth-order valence-electron chi connectivity index (χ4n) is 2.42. The van der Waals surface area contributed by atoms with Crippen molar-refractivity contribution in [3.63, 3.8) is 0 Å². The molecule has 1 N–H and O–H groups in total. The summed E-state index contributed by atoms with van der Waals surface area (Å²) in [7, 11) is 0. The van der Waals surface area contributed by atoms with Crippen molar-refractivity contribution in [2.45, 2.75) is 19.5 Å². The SMILES string of the molecule is CCC(=O)Nc1ncc(-c2cccnc2-c2ccccc2C(F)(F)F)s1. The van der Waals surface area contributed by atoms with Crippen molar-refractivity contribution in [3.05, 3.63) is 54.4 Å². The van der Waals surface area contributed by atoms with E-state index in [0.29, 0.717) is 22.0 Å². The largest absolute Gasteiger partial charge is 0.417 e. The molecule has 0 radical (unpaired) electrons. The van der Waals surface area contributed by atoms with E-state index in [0.717, 1.165) is 6.07 Å². The molecule has 0 spiro atoms. The van der Waals surface area contributed by atoms with Crippen LogP contribution in [0.5, 0.6) is 0 Å². The molecule has 0 saturated carbocycles. The van der Waals surface area contributed by atoms with E-state index in [-0.39, 0.29) is 17.2 Å². The van der Waals surface area contributed by atoms with Crippen LogP contribution < -0.4 is 5.32 Å². The van der Waals surface area contributed by atoms with Gasteiger partial charge in [0.2, 0.25) is 5.91 Å². The normalized spacial score (nSPS) is 11.4. The molecule has 0 atom stereocenters. The number of benzene rings is 1. The summed E-state index contributed by atoms with van der Waals surface area (Å²) in [6, 6.07) is 8.67. The molecule has 134 valence electrons. The first-order valence-electron chi connectivity index (χ1n) is 7.77. The molecule has 26 heavy (non-hydrogen) atoms. The second-order valence-electron chi connectivity index (χ2n) is 5.37. The van der Waals surface area contributed by atoms with E-state index in [1.54, 1.807) is 25.1 Å². The van der Waals surface area contributed by atoms with E-state index in [2.05, 4.69) is 15.3 Å². The van der Waals surface area contributed by atoms with Gasteiger partial charge in [0.05, 0.1) is 16.1 Å². The topological polar surface area (TPSA) is 54.9 Å². The van der Waals surface area contributed by atoms with Crippen LogP contribution in [0.25, 0.3) is 21.7 Å². The summed E-state index contributed by atoms with van der Waals surface area (Å²) in [5.41, 5.74) is 0.00302. The summed E-state index contributed by atoms with van der Waals surface area (Å²) in [4.78, 5) is 20.4. The summed E-state index contributed by atoms with van der Waals surface area (Å²) in [5, 5.41) is 3.04. The van der Waals surface area contributed by atoms with Crippen LogP contribution in [0.2, 0.25) is 0 Å². The van der Waals surface area contributed by atoms with Gasteiger partial charge in [-0.25, -0.2) is 4.98 Å². The van der Waals surface area contributed by atoms with Crippen LogP contribution in [0.3, 0.4) is 0 Å². The minimum atomic E-state index is -4.49. The van der Waals surface area contributed by atoms with Gasteiger partial charge < -0.3 is 5.32 Å². The second kappa shape index (κ2) is 7.25. The minimum Gasteiger partial charge on any atom is -0.302 e. The molecule has 2 aromatic heterocycles. The highest BCUT2D eigenvalue weighted by atomic mass is 32.1. The average Bonchev–Trinajstić information content (AvgIpc) is 3.09. The van der Waals surface area contributed by atoms with Crippen molar-refractivity contribution in [2.24, 2.45) is 0 Å². The molecular weight excluding hydrogens is 363 g/mol. The van der Waals surface area contributed by atoms with Gasteiger partial charge in [-0.15, -0.1) is 0 Å². The van der Waals surface area contributed by atoms with Crippen LogP contribution in [0.1, 0.15) is 18.9 Å². The van der Waals surface area contributed by atoms with Crippen molar-refractivity contribution in [1.82, 2.24) is 9.97 Å². The number of pyridine rings is 1. The number of hydrogen-bond donors (Lipinski definition) is 1. The number of carbonyl (C=O) groups excluding carboxylic acids is 1. The van der Waals surface area contributed by atoms with Gasteiger partial charge in [0.25, 0.3) is 0 Å². The van der Waals surface area contributed by atoms with Gasteiger partial charge in [0.1, 0.15) is 0 Å². The van der Waals surface area contributed by atoms with Gasteiger partial charge in [-0.1, -0.05) is 36.5 Å². The number of hydrogen-bond acceptors (Lipinski definition) is 4. The Morgan fingerprint density at radius 1 is 1.12 bits per heavy atom. The molecule has 1 aromatic carbocycles. The molecule has 3 aromatic rings. The predicted molar refractivity (Wildman–Crippen MR) is 94.7 cm³/mol. The number of anilines is 1. The maximum Gasteiger partial charge on any atom is 0.417 e. The number of thiazole rings is 1. The second-order valence-corrected chi connectivity index (χ2v) is 6.40. The fraction of sp³-hybridized carbons (Fsp3) is 0.167. The number of halogens is 3. The molecule has 0 fully saturated rings. The molecule has 3 rings (SSSR count). The monoisotopic (exact) mass is 377 g/mol. The Bertz CT molecular complexity index is 937. The van der Waals surface area contributed by atoms with E-state index in [4.69, 9.17) is 0 Å². The Balaban J connectivity index is 2.08. The molecule has 4 nitrogen and oxygen atoms in total. The minimum absolute atomic E-state index is 0.00291. The van der Waals surface area contributed by atoms with Crippen LogP contribution in [-0.4, -0.2) is 15.9 Å². The first-order chi connectivity index (χ1) is 12.4. The molecule has 0 bridgehead atoms. The third kappa shape index (κ3) is 3.75. The third-order valence-electron chi connectivity index (χ3n) is 3.63. The van der Waals surface area contributed by atoms with Crippen molar-refractivity contribution < 1.29 is 18.0 Å². The van der Waals surface area contributed by atoms with Crippen molar-refractivity contribution in [3.8, 4) is 21.7 Å². The Morgan fingerprint density at radius 3 is 2.58 bits per heavy atom. The fourth-order valence-corrected chi connectivity index (χ4v) is 3.28. The molecule has 0 unspecified atom stereocenters. The van der Waals surface area contributed by atoms with Crippen LogP contribution >= 0.6 is 11.3 Å². The summed E-state index contributed by atoms with van der Waals surface area (Å²) < 4.78 is 40.1. The van der Waals surface area contributed by atoms with Crippen molar-refractivity contribution in [1.29, 1.82) is 0 Å². The maximum absolute atomic E-state index is 13.4. The summed E-state index contributed by atoms with van der Waals surface area (Å²) in [5.74, 6) is -0.181. The standard InChI is InChI=1S/C18H14F3N3OS/c1-2-15(25)24-17-23-10-14(26-17)12-7-5-9-22-16(12)11-6-3-4-8-13(11)18(19,20)21/h3-10H,2H2,1H3,(H,23,24,25). The van der Waals surface area contributed by atoms with E-state index in [1.807, 2.05) is 0 Å². The summed E-state index contributed by atoms with van der Waals surface area (Å²) in [6.07, 6.45) is -1.20. The van der Waals surface area contributed by atoms with Gasteiger partial charge >= 0.3 is 6.18 Å². The lowest BCUT2D eigenvalue weighted by Crippen LogP contribution is -2.08. The molecule has 0 aliphatic heterocycles. The zero-order chi connectivity index (χ0) is 18.7. The summed E-state index contributed by atoms with van der Waals surface area (Å²) >= 11 is 1.19. The lowest BCUT2D eigenvalue weighted by molar-refractivity contribution is -0.137. The van der Waals surface area contributed by atoms with Crippen LogP contribution in [-0.2, 0) is 11.0 Å². The third-order valence-corrected chi connectivity index (χ3v) is 4.58. The number of nitrogens with one attached hydrogen (secondary N) is 1. The number of nitrogens with zero attached hydrogens (tertiary/aromatic N) is 2. The molecule has 0 aliphatic carbocycles. The quantitative estimate of drug-likeness (QED) is 0.676. The molecular formula is C18H14F3N3OS. The van der Waals surface area contributed by atoms with Crippen molar-refractivity contribution in [2.75, 3.05) is 5.32 Å². The van der Waals surface area contributed by atoms with Crippen LogP contribution in [0.4, 0.5) is 18.3 Å². The van der Waals surface area contributed by atoms with E-state index in [1.165, 1.54) is 35.9 Å². The number of aromatic nitrogens is 2. The highest BCUT2D eigenvalue weighted by Gasteiger charge is 2.34. The van der Waals surface area contributed by atoms with E-state index in [9.17, 15) is 18.0 Å². The maximum atomic E-state index is 13.4. The lowest BCUT2D eigenvalue weighted by Gasteiger charge is -2.14. The van der Waals surface area contributed by atoms with Crippen LogP contribution in [0, 0.1) is 0 Å². The zero-order valence-corrected chi connectivity index (χ0v) is 14.5. The molecule has 1 amide bonds.